The number of nitrogens with zero attached hydrogens (tertiary/aromatic N) is 1. The molecule has 10 heteroatoms. The highest BCUT2D eigenvalue weighted by atomic mass is 19.4. The third kappa shape index (κ3) is 4.20. The van der Waals surface area contributed by atoms with Crippen LogP contribution in [0.25, 0.3) is 16.8 Å². The van der Waals surface area contributed by atoms with Crippen LogP contribution in [0.4, 0.5) is 18.9 Å². The van der Waals surface area contributed by atoms with E-state index in [2.05, 4.69) is 0 Å². The quantitative estimate of drug-likeness (QED) is 0.568. The molecule has 1 aliphatic rings. The van der Waals surface area contributed by atoms with Crippen molar-refractivity contribution in [2.75, 3.05) is 14.2 Å². The molecule has 0 saturated heterocycles. The number of alkyl halides is 3. The Labute approximate surface area is 186 Å². The molecule has 4 rings (SSSR count). The van der Waals surface area contributed by atoms with Crippen molar-refractivity contribution in [3.05, 3.63) is 74.8 Å². The molecule has 0 radical (unpaired) electrons. The van der Waals surface area contributed by atoms with Crippen molar-refractivity contribution >= 4 is 5.69 Å². The van der Waals surface area contributed by atoms with E-state index in [9.17, 15) is 28.4 Å². The molecule has 2 N–H and O–H groups in total. The van der Waals surface area contributed by atoms with Gasteiger partial charge in [-0.05, 0) is 54.2 Å². The smallest absolute Gasteiger partial charge is 0.418 e. The fourth-order valence-electron chi connectivity index (χ4n) is 4.19. The second-order valence-electron chi connectivity index (χ2n) is 7.67. The highest BCUT2D eigenvalue weighted by Gasteiger charge is 2.35. The molecular formula is C23H21F3N2O5. The summed E-state index contributed by atoms with van der Waals surface area (Å²) in [6, 6.07) is 7.32. The average molecular weight is 462 g/mol. The molecule has 1 aromatic heterocycles. The van der Waals surface area contributed by atoms with E-state index in [1.807, 2.05) is 0 Å². The Morgan fingerprint density at radius 1 is 1.06 bits per heavy atom. The number of rotatable bonds is 5. The molecular weight excluding hydrogens is 441 g/mol. The molecule has 33 heavy (non-hydrogen) atoms. The number of aromatic nitrogens is 1. The lowest BCUT2D eigenvalue weighted by Crippen LogP contribution is -2.99. The number of hydrogen-bond donors (Lipinski definition) is 2. The first-order valence-electron chi connectivity index (χ1n) is 10.1. The summed E-state index contributed by atoms with van der Waals surface area (Å²) in [5.41, 5.74) is -0.466. The zero-order valence-corrected chi connectivity index (χ0v) is 17.8. The van der Waals surface area contributed by atoms with Gasteiger partial charge in [-0.1, -0.05) is 0 Å². The number of pyridine rings is 1. The fraction of sp³-hybridized carbons (Fsp3) is 0.261. The third-order valence-electron chi connectivity index (χ3n) is 5.73. The Kier molecular flexibility index (Phi) is 5.91. The van der Waals surface area contributed by atoms with Crippen molar-refractivity contribution in [2.45, 2.75) is 25.4 Å². The maximum absolute atomic E-state index is 13.8. The second kappa shape index (κ2) is 8.54. The van der Waals surface area contributed by atoms with E-state index in [1.54, 1.807) is 18.2 Å². The Bertz CT molecular complexity index is 1250. The summed E-state index contributed by atoms with van der Waals surface area (Å²) in [7, 11) is 2.92. The van der Waals surface area contributed by atoms with E-state index in [0.717, 1.165) is 34.2 Å². The van der Waals surface area contributed by atoms with E-state index >= 15 is 0 Å². The monoisotopic (exact) mass is 462 g/mol. The lowest BCUT2D eigenvalue weighted by Gasteiger charge is -2.20. The summed E-state index contributed by atoms with van der Waals surface area (Å²) >= 11 is 0. The standard InChI is InChI=1S/C23H21F3N2O5/c1-32-16-8-14(9-17(11-16)33-2)21-18-5-3-4-13(18)12-27(22(21)29)20-10-15(28(30)31)6-7-19(20)23(24,25)26/h6-12,28,30H,3-5H2,1-2H3. The van der Waals surface area contributed by atoms with Crippen molar-refractivity contribution in [2.24, 2.45) is 0 Å². The highest BCUT2D eigenvalue weighted by Crippen LogP contribution is 2.37. The number of quaternary nitrogens is 1. The van der Waals surface area contributed by atoms with Gasteiger partial charge in [0.05, 0.1) is 31.0 Å². The third-order valence-corrected chi connectivity index (χ3v) is 5.73. The predicted molar refractivity (Wildman–Crippen MR) is 113 cm³/mol. The Morgan fingerprint density at radius 3 is 2.30 bits per heavy atom. The van der Waals surface area contributed by atoms with Crippen LogP contribution in [0.3, 0.4) is 0 Å². The van der Waals surface area contributed by atoms with Gasteiger partial charge in [-0.2, -0.15) is 18.4 Å². The number of halogens is 3. The van der Waals surface area contributed by atoms with Crippen molar-refractivity contribution in [1.29, 1.82) is 0 Å². The summed E-state index contributed by atoms with van der Waals surface area (Å²) in [5.74, 6) is 0.851. The van der Waals surface area contributed by atoms with Gasteiger partial charge in [0.15, 0.2) is 5.69 Å². The summed E-state index contributed by atoms with van der Waals surface area (Å²) in [5, 5.41) is 19.4. The van der Waals surface area contributed by atoms with Crippen LogP contribution in [0.5, 0.6) is 11.5 Å². The largest absolute Gasteiger partial charge is 0.595 e. The molecule has 1 atom stereocenters. The number of methoxy groups -OCH3 is 2. The van der Waals surface area contributed by atoms with Gasteiger partial charge in [0.2, 0.25) is 0 Å². The number of ether oxygens (including phenoxy) is 2. The summed E-state index contributed by atoms with van der Waals surface area (Å²) in [6.45, 7) is 0. The van der Waals surface area contributed by atoms with Crippen molar-refractivity contribution in [1.82, 2.24) is 4.57 Å². The first kappa shape index (κ1) is 22.8. The lowest BCUT2D eigenvalue weighted by atomic mass is 9.98. The Hall–Kier alpha value is -3.34. The molecule has 7 nitrogen and oxygen atoms in total. The first-order chi connectivity index (χ1) is 15.6. The van der Waals surface area contributed by atoms with Crippen LogP contribution in [-0.2, 0) is 19.0 Å². The number of fused-ring (bicyclic) bond motifs is 1. The number of aryl methyl sites for hydroxylation is 1. The minimum absolute atomic E-state index is 0.246. The minimum atomic E-state index is -4.79. The molecule has 2 aromatic carbocycles. The maximum atomic E-state index is 13.8. The van der Waals surface area contributed by atoms with Crippen LogP contribution in [0, 0.1) is 5.21 Å². The van der Waals surface area contributed by atoms with Crippen LogP contribution in [0.2, 0.25) is 0 Å². The number of hydrogen-bond acceptors (Lipinski definition) is 5. The van der Waals surface area contributed by atoms with Crippen molar-refractivity contribution < 1.29 is 33.1 Å². The van der Waals surface area contributed by atoms with E-state index in [4.69, 9.17) is 9.47 Å². The SMILES string of the molecule is COc1cc(OC)cc(-c2c3c(cn(-c4cc([NH+]([O-])O)ccc4C(F)(F)F)c2=O)CCC3)c1. The average Bonchev–Trinajstić information content (AvgIpc) is 3.25. The molecule has 0 fully saturated rings. The summed E-state index contributed by atoms with van der Waals surface area (Å²) in [4.78, 5) is 13.7. The Balaban J connectivity index is 2.05. The molecule has 174 valence electrons. The first-order valence-corrected chi connectivity index (χ1v) is 10.1. The fourth-order valence-corrected chi connectivity index (χ4v) is 4.19. The van der Waals surface area contributed by atoms with Gasteiger partial charge in [0, 0.05) is 24.4 Å². The van der Waals surface area contributed by atoms with Crippen molar-refractivity contribution in [3.8, 4) is 28.3 Å². The summed E-state index contributed by atoms with van der Waals surface area (Å²) < 4.78 is 52.9. The van der Waals surface area contributed by atoms with E-state index < -0.39 is 28.2 Å². The lowest BCUT2D eigenvalue weighted by molar-refractivity contribution is -0.991. The van der Waals surface area contributed by atoms with E-state index in [-0.39, 0.29) is 11.3 Å². The minimum Gasteiger partial charge on any atom is -0.595 e. The van der Waals surface area contributed by atoms with Gasteiger partial charge < -0.3 is 14.7 Å². The molecule has 1 aliphatic carbocycles. The molecule has 3 aromatic rings. The van der Waals surface area contributed by atoms with Crippen LogP contribution >= 0.6 is 0 Å². The molecule has 0 aliphatic heterocycles. The van der Waals surface area contributed by atoms with Gasteiger partial charge in [-0.15, -0.1) is 0 Å². The number of benzene rings is 2. The molecule has 0 spiro atoms. The second-order valence-corrected chi connectivity index (χ2v) is 7.67. The van der Waals surface area contributed by atoms with Gasteiger partial charge in [-0.25, -0.2) is 5.21 Å². The molecule has 1 heterocycles. The topological polar surface area (TPSA) is 88.2 Å². The van der Waals surface area contributed by atoms with Crippen molar-refractivity contribution in [3.63, 3.8) is 0 Å². The summed E-state index contributed by atoms with van der Waals surface area (Å²) in [6.07, 6.45) is -1.47. The molecule has 0 saturated carbocycles. The zero-order valence-electron chi connectivity index (χ0n) is 17.8. The normalized spacial score (nSPS) is 14.2. The van der Waals surface area contributed by atoms with E-state index in [0.29, 0.717) is 36.0 Å². The van der Waals surface area contributed by atoms with Crippen LogP contribution in [0.1, 0.15) is 23.1 Å². The van der Waals surface area contributed by atoms with Crippen LogP contribution < -0.4 is 20.3 Å². The van der Waals surface area contributed by atoms with Gasteiger partial charge in [0.1, 0.15) is 11.5 Å². The molecule has 0 amide bonds. The van der Waals surface area contributed by atoms with Crippen LogP contribution in [-0.4, -0.2) is 24.0 Å². The van der Waals surface area contributed by atoms with Crippen LogP contribution in [0.15, 0.2) is 47.4 Å². The maximum Gasteiger partial charge on any atom is 0.418 e. The van der Waals surface area contributed by atoms with E-state index in [1.165, 1.54) is 20.4 Å². The molecule has 1 unspecified atom stereocenters. The highest BCUT2D eigenvalue weighted by molar-refractivity contribution is 5.72. The predicted octanol–water partition coefficient (Wildman–Crippen LogP) is 3.43. The Morgan fingerprint density at radius 2 is 1.73 bits per heavy atom. The van der Waals surface area contributed by atoms with Gasteiger partial charge in [-0.3, -0.25) is 9.36 Å². The number of nitrogens with one attached hydrogen (secondary N) is 1. The molecule has 0 bridgehead atoms. The van der Waals surface area contributed by atoms with Gasteiger partial charge >= 0.3 is 6.18 Å². The zero-order chi connectivity index (χ0) is 23.9. The van der Waals surface area contributed by atoms with Gasteiger partial charge in [0.25, 0.3) is 5.56 Å².